The second-order valence-electron chi connectivity index (χ2n) is 5.74. The zero-order valence-electron chi connectivity index (χ0n) is 12.3. The Balaban J connectivity index is 1.99. The summed E-state index contributed by atoms with van der Waals surface area (Å²) in [6.45, 7) is 4.25. The van der Waals surface area contributed by atoms with Crippen molar-refractivity contribution in [3.63, 3.8) is 0 Å². The molecule has 1 aromatic carbocycles. The number of nitrogens with one attached hydrogen (secondary N) is 1. The molecule has 0 aliphatic carbocycles. The lowest BCUT2D eigenvalue weighted by Crippen LogP contribution is -2.48. The van der Waals surface area contributed by atoms with Crippen LogP contribution in [-0.2, 0) is 26.0 Å². The van der Waals surface area contributed by atoms with Crippen LogP contribution in [0, 0.1) is 0 Å². The van der Waals surface area contributed by atoms with Crippen LogP contribution in [0.1, 0.15) is 19.4 Å². The van der Waals surface area contributed by atoms with Gasteiger partial charge < -0.3 is 10.1 Å². The third-order valence-corrected chi connectivity index (χ3v) is 6.08. The number of carbonyl (C=O) groups excluding carboxylic acids is 1. The molecule has 2 atom stereocenters. The monoisotopic (exact) mass is 344 g/mol. The number of hydrogen-bond donors (Lipinski definition) is 1. The summed E-state index contributed by atoms with van der Waals surface area (Å²) in [6.07, 6.45) is -0.171. The number of amides is 1. The molecule has 2 aliphatic heterocycles. The summed E-state index contributed by atoms with van der Waals surface area (Å²) in [5.41, 5.74) is 1.24. The molecule has 1 aromatic rings. The lowest BCUT2D eigenvalue weighted by Gasteiger charge is -2.34. The van der Waals surface area contributed by atoms with Gasteiger partial charge >= 0.3 is 0 Å². The van der Waals surface area contributed by atoms with Crippen LogP contribution in [0.15, 0.2) is 17.0 Å². The van der Waals surface area contributed by atoms with Crippen molar-refractivity contribution in [1.29, 1.82) is 0 Å². The molecule has 0 radical (unpaired) electrons. The Hall–Kier alpha value is -1.15. The highest BCUT2D eigenvalue weighted by Gasteiger charge is 2.34. The number of halogens is 1. The number of anilines is 1. The normalized spacial score (nSPS) is 25.9. The van der Waals surface area contributed by atoms with Crippen molar-refractivity contribution in [2.75, 3.05) is 18.4 Å². The van der Waals surface area contributed by atoms with Crippen molar-refractivity contribution in [3.05, 3.63) is 22.7 Å². The molecule has 2 unspecified atom stereocenters. The highest BCUT2D eigenvalue weighted by molar-refractivity contribution is 7.89. The van der Waals surface area contributed by atoms with Gasteiger partial charge in [-0.1, -0.05) is 11.6 Å². The van der Waals surface area contributed by atoms with Crippen molar-refractivity contribution in [2.24, 2.45) is 0 Å². The van der Waals surface area contributed by atoms with Crippen molar-refractivity contribution in [1.82, 2.24) is 4.31 Å². The summed E-state index contributed by atoms with van der Waals surface area (Å²) >= 11 is 6.14. The van der Waals surface area contributed by atoms with Crippen LogP contribution < -0.4 is 5.32 Å². The first-order valence-electron chi connectivity index (χ1n) is 7.05. The van der Waals surface area contributed by atoms with Gasteiger partial charge in [0.2, 0.25) is 15.9 Å². The zero-order chi connectivity index (χ0) is 16.1. The number of rotatable bonds is 2. The third kappa shape index (κ3) is 2.74. The van der Waals surface area contributed by atoms with Gasteiger partial charge in [-0.05, 0) is 31.5 Å². The fourth-order valence-corrected chi connectivity index (χ4v) is 5.03. The molecular formula is C14H17ClN2O4S. The van der Waals surface area contributed by atoms with Crippen LogP contribution in [-0.4, -0.2) is 43.9 Å². The van der Waals surface area contributed by atoms with Crippen LogP contribution in [0.3, 0.4) is 0 Å². The third-order valence-electron chi connectivity index (χ3n) is 3.79. The van der Waals surface area contributed by atoms with Gasteiger partial charge in [-0.3, -0.25) is 4.79 Å². The van der Waals surface area contributed by atoms with E-state index in [1.165, 1.54) is 16.4 Å². The standard InChI is InChI=1S/C14H17ClN2O4S/c1-8-6-17(7-9(2)21-8)22(19,20)13-3-10-4-14(18)16-12(10)5-11(13)15/h3,5,8-9H,4,6-7H2,1-2H3,(H,16,18). The molecule has 6 nitrogen and oxygen atoms in total. The Bertz CT molecular complexity index is 725. The van der Waals surface area contributed by atoms with E-state index in [1.807, 2.05) is 13.8 Å². The van der Waals surface area contributed by atoms with Gasteiger partial charge in [-0.25, -0.2) is 8.42 Å². The van der Waals surface area contributed by atoms with E-state index < -0.39 is 10.0 Å². The SMILES string of the molecule is CC1CN(S(=O)(=O)c2cc3c(cc2Cl)NC(=O)C3)CC(C)O1. The van der Waals surface area contributed by atoms with E-state index in [2.05, 4.69) is 5.32 Å². The molecular weight excluding hydrogens is 328 g/mol. The van der Waals surface area contributed by atoms with Gasteiger partial charge in [0.15, 0.2) is 0 Å². The lowest BCUT2D eigenvalue weighted by molar-refractivity contribution is -0.115. The Kier molecular flexibility index (Phi) is 3.92. The second kappa shape index (κ2) is 5.49. The first kappa shape index (κ1) is 15.7. The molecule has 2 heterocycles. The number of fused-ring (bicyclic) bond motifs is 1. The fraction of sp³-hybridized carbons (Fsp3) is 0.500. The second-order valence-corrected chi connectivity index (χ2v) is 8.06. The summed E-state index contributed by atoms with van der Waals surface area (Å²) in [5.74, 6) is -0.158. The van der Waals surface area contributed by atoms with Gasteiger partial charge in [-0.2, -0.15) is 4.31 Å². The number of nitrogens with zero attached hydrogens (tertiary/aromatic N) is 1. The van der Waals surface area contributed by atoms with Crippen LogP contribution in [0.4, 0.5) is 5.69 Å². The van der Waals surface area contributed by atoms with Gasteiger partial charge in [-0.15, -0.1) is 0 Å². The number of ether oxygens (including phenoxy) is 1. The lowest BCUT2D eigenvalue weighted by atomic mass is 10.2. The molecule has 0 aromatic heterocycles. The molecule has 22 heavy (non-hydrogen) atoms. The fourth-order valence-electron chi connectivity index (χ4n) is 2.89. The largest absolute Gasteiger partial charge is 0.373 e. The van der Waals surface area contributed by atoms with Crippen molar-refractivity contribution < 1.29 is 17.9 Å². The minimum Gasteiger partial charge on any atom is -0.373 e. The number of carbonyl (C=O) groups is 1. The average Bonchev–Trinajstić information content (AvgIpc) is 2.75. The Morgan fingerprint density at radius 3 is 2.55 bits per heavy atom. The first-order valence-corrected chi connectivity index (χ1v) is 8.87. The molecule has 3 rings (SSSR count). The summed E-state index contributed by atoms with van der Waals surface area (Å²) in [5, 5.41) is 2.78. The van der Waals surface area contributed by atoms with E-state index in [0.29, 0.717) is 11.3 Å². The average molecular weight is 345 g/mol. The van der Waals surface area contributed by atoms with Crippen LogP contribution in [0.2, 0.25) is 5.02 Å². The molecule has 1 amide bonds. The number of morpholine rings is 1. The molecule has 120 valence electrons. The van der Waals surface area contributed by atoms with Crippen molar-refractivity contribution in [3.8, 4) is 0 Å². The molecule has 8 heteroatoms. The zero-order valence-corrected chi connectivity index (χ0v) is 13.9. The number of sulfonamides is 1. The van der Waals surface area contributed by atoms with Gasteiger partial charge in [0.1, 0.15) is 4.90 Å². The number of benzene rings is 1. The molecule has 1 fully saturated rings. The predicted molar refractivity (Wildman–Crippen MR) is 82.6 cm³/mol. The first-order chi connectivity index (χ1) is 10.3. The topological polar surface area (TPSA) is 75.7 Å². The highest BCUT2D eigenvalue weighted by atomic mass is 35.5. The minimum absolute atomic E-state index is 0.0470. The predicted octanol–water partition coefficient (Wildman–Crippen LogP) is 1.63. The summed E-state index contributed by atoms with van der Waals surface area (Å²) in [7, 11) is -3.72. The van der Waals surface area contributed by atoms with Gasteiger partial charge in [0.25, 0.3) is 0 Å². The van der Waals surface area contributed by atoms with E-state index in [1.54, 1.807) is 0 Å². The Morgan fingerprint density at radius 1 is 1.27 bits per heavy atom. The quantitative estimate of drug-likeness (QED) is 0.884. The molecule has 0 spiro atoms. The van der Waals surface area contributed by atoms with E-state index in [9.17, 15) is 13.2 Å². The van der Waals surface area contributed by atoms with Crippen molar-refractivity contribution in [2.45, 2.75) is 37.4 Å². The minimum atomic E-state index is -3.72. The van der Waals surface area contributed by atoms with E-state index in [4.69, 9.17) is 16.3 Å². The molecule has 2 aliphatic rings. The van der Waals surface area contributed by atoms with Gasteiger partial charge in [0.05, 0.1) is 23.7 Å². The van der Waals surface area contributed by atoms with Crippen LogP contribution >= 0.6 is 11.6 Å². The summed E-state index contributed by atoms with van der Waals surface area (Å²) < 4.78 is 32.7. The molecule has 1 saturated heterocycles. The maximum atomic E-state index is 12.9. The van der Waals surface area contributed by atoms with Crippen LogP contribution in [0.25, 0.3) is 0 Å². The van der Waals surface area contributed by atoms with Crippen molar-refractivity contribution >= 4 is 33.2 Å². The van der Waals surface area contributed by atoms with Gasteiger partial charge in [0, 0.05) is 18.8 Å². The molecule has 1 N–H and O–H groups in total. The maximum Gasteiger partial charge on any atom is 0.244 e. The summed E-state index contributed by atoms with van der Waals surface area (Å²) in [4.78, 5) is 11.5. The summed E-state index contributed by atoms with van der Waals surface area (Å²) in [6, 6.07) is 3.00. The molecule has 0 saturated carbocycles. The highest BCUT2D eigenvalue weighted by Crippen LogP contribution is 2.34. The van der Waals surface area contributed by atoms with Crippen LogP contribution in [0.5, 0.6) is 0 Å². The van der Waals surface area contributed by atoms with E-state index in [-0.39, 0.29) is 47.5 Å². The van der Waals surface area contributed by atoms with E-state index in [0.717, 1.165) is 0 Å². The molecule has 0 bridgehead atoms. The van der Waals surface area contributed by atoms with E-state index >= 15 is 0 Å². The number of hydrogen-bond acceptors (Lipinski definition) is 4. The Labute approximate surface area is 134 Å². The smallest absolute Gasteiger partial charge is 0.244 e. The Morgan fingerprint density at radius 2 is 1.91 bits per heavy atom. The maximum absolute atomic E-state index is 12.9.